The van der Waals surface area contributed by atoms with E-state index in [4.69, 9.17) is 8.85 Å². The Morgan fingerprint density at radius 3 is 1.17 bits per heavy atom. The largest absolute Gasteiger partial charge is 0.414 e. The molecule has 0 spiro atoms. The predicted octanol–water partition coefficient (Wildman–Crippen LogP) is 4.14. The van der Waals surface area contributed by atoms with Crippen LogP contribution in [-0.2, 0) is 8.85 Å². The summed E-state index contributed by atoms with van der Waals surface area (Å²) >= 11 is 0. The first-order valence-corrected chi connectivity index (χ1v) is 14.5. The Bertz CT molecular complexity index is 323. The van der Waals surface area contributed by atoms with E-state index in [9.17, 15) is 10.2 Å². The molecule has 23 heavy (non-hydrogen) atoms. The molecule has 0 saturated heterocycles. The highest BCUT2D eigenvalue weighted by Gasteiger charge is 2.38. The average Bonchev–Trinajstić information content (AvgIpc) is 2.31. The molecule has 0 saturated carbocycles. The molecule has 4 nitrogen and oxygen atoms in total. The normalized spacial score (nSPS) is 17.2. The first-order chi connectivity index (χ1) is 9.99. The van der Waals surface area contributed by atoms with Crippen LogP contribution in [0.4, 0.5) is 0 Å². The minimum Gasteiger partial charge on any atom is -0.414 e. The second-order valence-corrected chi connectivity index (χ2v) is 19.3. The van der Waals surface area contributed by atoms with Gasteiger partial charge in [0, 0.05) is 6.42 Å². The van der Waals surface area contributed by atoms with Crippen LogP contribution in [-0.4, -0.2) is 52.3 Å². The van der Waals surface area contributed by atoms with Gasteiger partial charge in [-0.15, -0.1) is 0 Å². The molecule has 0 bridgehead atoms. The second-order valence-electron chi connectivity index (χ2n) is 9.69. The van der Waals surface area contributed by atoms with Gasteiger partial charge < -0.3 is 19.1 Å². The van der Waals surface area contributed by atoms with E-state index in [1.54, 1.807) is 0 Å². The highest BCUT2D eigenvalue weighted by Crippen LogP contribution is 2.37. The topological polar surface area (TPSA) is 58.9 Å². The zero-order valence-electron chi connectivity index (χ0n) is 17.0. The molecule has 0 aliphatic rings. The molecule has 0 amide bonds. The summed E-state index contributed by atoms with van der Waals surface area (Å²) in [5.74, 6) is 0. The standard InChI is InChI=1S/C17H40O4Si2/c1-16(2,3)22(7,8)20-12-14(18)11-15(19)13-21-23(9,10)17(4,5)6/h14-15,18-19H,11-13H2,1-10H3/t14-,15-/m0/s1. The molecule has 2 atom stereocenters. The van der Waals surface area contributed by atoms with Crippen molar-refractivity contribution >= 4 is 16.6 Å². The molecule has 0 aliphatic carbocycles. The molecule has 0 fully saturated rings. The van der Waals surface area contributed by atoms with Crippen molar-refractivity contribution in [3.63, 3.8) is 0 Å². The summed E-state index contributed by atoms with van der Waals surface area (Å²) in [5.41, 5.74) is 0. The van der Waals surface area contributed by atoms with Crippen molar-refractivity contribution in [1.29, 1.82) is 0 Å². The summed E-state index contributed by atoms with van der Waals surface area (Å²) in [5, 5.41) is 20.5. The molecule has 0 aromatic rings. The van der Waals surface area contributed by atoms with E-state index < -0.39 is 28.8 Å². The molecular weight excluding hydrogens is 324 g/mol. The quantitative estimate of drug-likeness (QED) is 0.635. The van der Waals surface area contributed by atoms with Crippen molar-refractivity contribution in [1.82, 2.24) is 0 Å². The van der Waals surface area contributed by atoms with Crippen molar-refractivity contribution in [3.05, 3.63) is 0 Å². The summed E-state index contributed by atoms with van der Waals surface area (Å²) in [6.45, 7) is 22.3. The van der Waals surface area contributed by atoms with Gasteiger partial charge in [-0.2, -0.15) is 0 Å². The van der Waals surface area contributed by atoms with Gasteiger partial charge in [-0.05, 0) is 36.3 Å². The zero-order valence-corrected chi connectivity index (χ0v) is 19.0. The molecule has 0 radical (unpaired) electrons. The third kappa shape index (κ3) is 7.79. The number of aliphatic hydroxyl groups excluding tert-OH is 2. The summed E-state index contributed by atoms with van der Waals surface area (Å²) in [6, 6.07) is 0. The third-order valence-electron chi connectivity index (χ3n) is 5.43. The summed E-state index contributed by atoms with van der Waals surface area (Å²) in [6.07, 6.45) is -1.01. The molecule has 0 aliphatic heterocycles. The fourth-order valence-corrected chi connectivity index (χ4v) is 3.58. The van der Waals surface area contributed by atoms with E-state index in [2.05, 4.69) is 67.7 Å². The Labute approximate surface area is 145 Å². The Morgan fingerprint density at radius 2 is 0.957 bits per heavy atom. The molecule has 0 unspecified atom stereocenters. The molecule has 0 aromatic carbocycles. The van der Waals surface area contributed by atoms with E-state index in [1.165, 1.54) is 0 Å². The maximum Gasteiger partial charge on any atom is 0.192 e. The highest BCUT2D eigenvalue weighted by molar-refractivity contribution is 6.74. The molecule has 0 aromatic heterocycles. The van der Waals surface area contributed by atoms with Crippen LogP contribution in [0.5, 0.6) is 0 Å². The van der Waals surface area contributed by atoms with Crippen molar-refractivity contribution in [2.45, 2.75) is 96.4 Å². The fraction of sp³-hybridized carbons (Fsp3) is 1.00. The maximum absolute atomic E-state index is 10.1. The van der Waals surface area contributed by atoms with Crippen LogP contribution >= 0.6 is 0 Å². The van der Waals surface area contributed by atoms with Crippen LogP contribution in [0.2, 0.25) is 36.3 Å². The first-order valence-electron chi connectivity index (χ1n) is 8.63. The zero-order chi connectivity index (χ0) is 18.7. The van der Waals surface area contributed by atoms with Crippen LogP contribution < -0.4 is 0 Å². The molecule has 0 heterocycles. The molecule has 2 N–H and O–H groups in total. The molecule has 140 valence electrons. The number of hydrogen-bond donors (Lipinski definition) is 2. The SMILES string of the molecule is CC(C)(C)[Si](C)(C)OC[C@@H](O)C[C@H](O)CO[Si](C)(C)C(C)(C)C. The van der Waals surface area contributed by atoms with E-state index in [0.717, 1.165) is 0 Å². The minimum absolute atomic E-state index is 0.122. The van der Waals surface area contributed by atoms with Crippen molar-refractivity contribution < 1.29 is 19.1 Å². The van der Waals surface area contributed by atoms with Gasteiger partial charge in [-0.1, -0.05) is 41.5 Å². The summed E-state index contributed by atoms with van der Waals surface area (Å²) in [7, 11) is -3.72. The van der Waals surface area contributed by atoms with Gasteiger partial charge in [0.25, 0.3) is 0 Å². The third-order valence-corrected chi connectivity index (χ3v) is 14.4. The molecule has 6 heteroatoms. The van der Waals surface area contributed by atoms with Gasteiger partial charge in [0.1, 0.15) is 0 Å². The van der Waals surface area contributed by atoms with Crippen molar-refractivity contribution in [2.24, 2.45) is 0 Å². The minimum atomic E-state index is -1.86. The molecular formula is C17H40O4Si2. The highest BCUT2D eigenvalue weighted by atomic mass is 28.4. The lowest BCUT2D eigenvalue weighted by Crippen LogP contribution is -2.44. The van der Waals surface area contributed by atoms with Crippen LogP contribution in [0.1, 0.15) is 48.0 Å². The fourth-order valence-electron chi connectivity index (χ4n) is 1.49. The average molecular weight is 365 g/mol. The maximum atomic E-state index is 10.1. The van der Waals surface area contributed by atoms with E-state index in [0.29, 0.717) is 6.42 Å². The lowest BCUT2D eigenvalue weighted by Gasteiger charge is -2.37. The van der Waals surface area contributed by atoms with Gasteiger partial charge in [0.05, 0.1) is 25.4 Å². The number of rotatable bonds is 8. The Balaban J connectivity index is 4.30. The summed E-state index contributed by atoms with van der Waals surface area (Å²) < 4.78 is 12.0. The first kappa shape index (κ1) is 23.3. The van der Waals surface area contributed by atoms with Gasteiger partial charge in [-0.25, -0.2) is 0 Å². The Hall–Kier alpha value is 0.274. The van der Waals surface area contributed by atoms with Gasteiger partial charge in [-0.3, -0.25) is 0 Å². The van der Waals surface area contributed by atoms with E-state index >= 15 is 0 Å². The lowest BCUT2D eigenvalue weighted by atomic mass is 10.2. The smallest absolute Gasteiger partial charge is 0.192 e. The lowest BCUT2D eigenvalue weighted by molar-refractivity contribution is 0.0231. The number of aliphatic hydroxyl groups is 2. The van der Waals surface area contributed by atoms with Crippen LogP contribution in [0.3, 0.4) is 0 Å². The van der Waals surface area contributed by atoms with Crippen molar-refractivity contribution in [2.75, 3.05) is 13.2 Å². The van der Waals surface area contributed by atoms with Gasteiger partial charge >= 0.3 is 0 Å². The Kier molecular flexibility index (Phi) is 8.20. The summed E-state index contributed by atoms with van der Waals surface area (Å²) in [4.78, 5) is 0. The molecule has 0 rings (SSSR count). The van der Waals surface area contributed by atoms with Crippen LogP contribution in [0.15, 0.2) is 0 Å². The predicted molar refractivity (Wildman–Crippen MR) is 103 cm³/mol. The Morgan fingerprint density at radius 1 is 0.696 bits per heavy atom. The van der Waals surface area contributed by atoms with Crippen LogP contribution in [0.25, 0.3) is 0 Å². The van der Waals surface area contributed by atoms with Gasteiger partial charge in [0.15, 0.2) is 16.6 Å². The monoisotopic (exact) mass is 364 g/mol. The number of hydrogen-bond acceptors (Lipinski definition) is 4. The van der Waals surface area contributed by atoms with E-state index in [1.807, 2.05) is 0 Å². The van der Waals surface area contributed by atoms with Crippen molar-refractivity contribution in [3.8, 4) is 0 Å². The second kappa shape index (κ2) is 8.10. The van der Waals surface area contributed by atoms with Gasteiger partial charge in [0.2, 0.25) is 0 Å². The van der Waals surface area contributed by atoms with Crippen LogP contribution in [0, 0.1) is 0 Å². The van der Waals surface area contributed by atoms with E-state index in [-0.39, 0.29) is 23.3 Å².